The van der Waals surface area contributed by atoms with E-state index < -0.39 is 17.3 Å². The van der Waals surface area contributed by atoms with Crippen molar-refractivity contribution < 1.29 is 14.3 Å². The summed E-state index contributed by atoms with van der Waals surface area (Å²) in [5.74, 6) is -1.94. The Kier molecular flexibility index (Phi) is 3.62. The summed E-state index contributed by atoms with van der Waals surface area (Å²) in [5, 5.41) is 17.6. The van der Waals surface area contributed by atoms with Crippen LogP contribution in [0.15, 0.2) is 41.3 Å². The van der Waals surface area contributed by atoms with E-state index in [9.17, 15) is 14.0 Å². The fourth-order valence-electron chi connectivity index (χ4n) is 1.78. The molecular formula is C14H9FN2O3. The number of benzene rings is 1. The number of hydrogen-bond donors (Lipinski definition) is 1. The van der Waals surface area contributed by atoms with Crippen molar-refractivity contribution in [2.24, 2.45) is 0 Å². The molecule has 0 spiro atoms. The second-order valence-corrected chi connectivity index (χ2v) is 4.09. The van der Waals surface area contributed by atoms with Gasteiger partial charge in [0, 0.05) is 6.20 Å². The lowest BCUT2D eigenvalue weighted by atomic mass is 10.1. The number of nitrogens with zero attached hydrogens (tertiary/aromatic N) is 2. The number of hydrogen-bond acceptors (Lipinski definition) is 3. The molecule has 0 aliphatic rings. The molecule has 0 unspecified atom stereocenters. The van der Waals surface area contributed by atoms with E-state index in [1.807, 2.05) is 0 Å². The fraction of sp³-hybridized carbons (Fsp3) is 0.0714. The lowest BCUT2D eigenvalue weighted by molar-refractivity contribution is 0.0694. The lowest BCUT2D eigenvalue weighted by Crippen LogP contribution is -2.26. The molecule has 100 valence electrons. The smallest absolute Gasteiger partial charge is 0.341 e. The third-order valence-electron chi connectivity index (χ3n) is 2.75. The zero-order chi connectivity index (χ0) is 14.7. The maximum atomic E-state index is 13.2. The summed E-state index contributed by atoms with van der Waals surface area (Å²) in [6, 6.07) is 8.28. The van der Waals surface area contributed by atoms with Gasteiger partial charge in [-0.05, 0) is 29.8 Å². The third-order valence-corrected chi connectivity index (χ3v) is 2.75. The van der Waals surface area contributed by atoms with E-state index in [-0.39, 0.29) is 17.7 Å². The highest BCUT2D eigenvalue weighted by Crippen LogP contribution is 2.10. The van der Waals surface area contributed by atoms with Crippen molar-refractivity contribution in [1.29, 1.82) is 5.26 Å². The molecule has 1 heterocycles. The van der Waals surface area contributed by atoms with Crippen molar-refractivity contribution >= 4 is 5.97 Å². The average Bonchev–Trinajstić information content (AvgIpc) is 2.42. The Morgan fingerprint density at radius 3 is 2.80 bits per heavy atom. The van der Waals surface area contributed by atoms with E-state index in [0.29, 0.717) is 5.56 Å². The third kappa shape index (κ3) is 2.57. The number of aromatic nitrogens is 1. The lowest BCUT2D eigenvalue weighted by Gasteiger charge is -2.07. The summed E-state index contributed by atoms with van der Waals surface area (Å²) in [5.41, 5.74) is -0.574. The fourth-order valence-corrected chi connectivity index (χ4v) is 1.78. The highest BCUT2D eigenvalue weighted by Gasteiger charge is 2.11. The van der Waals surface area contributed by atoms with Gasteiger partial charge in [0.2, 0.25) is 0 Å². The molecular weight excluding hydrogens is 263 g/mol. The summed E-state index contributed by atoms with van der Waals surface area (Å²) in [6.07, 6.45) is 1.43. The molecule has 0 atom stereocenters. The molecule has 5 nitrogen and oxygen atoms in total. The molecule has 0 radical (unpaired) electrons. The summed E-state index contributed by atoms with van der Waals surface area (Å²) in [4.78, 5) is 22.7. The normalized spacial score (nSPS) is 10.0. The summed E-state index contributed by atoms with van der Waals surface area (Å²) in [6.45, 7) is 0.0644. The van der Waals surface area contributed by atoms with E-state index >= 15 is 0 Å². The summed E-state index contributed by atoms with van der Waals surface area (Å²) < 4.78 is 14.4. The number of carboxylic acid groups (broad SMARTS) is 1. The van der Waals surface area contributed by atoms with Gasteiger partial charge in [-0.1, -0.05) is 6.07 Å². The van der Waals surface area contributed by atoms with E-state index in [0.717, 1.165) is 6.07 Å². The zero-order valence-corrected chi connectivity index (χ0v) is 10.2. The molecule has 0 fully saturated rings. The summed E-state index contributed by atoms with van der Waals surface area (Å²) >= 11 is 0. The van der Waals surface area contributed by atoms with Crippen LogP contribution >= 0.6 is 0 Å². The zero-order valence-electron chi connectivity index (χ0n) is 10.2. The molecule has 2 aromatic rings. The van der Waals surface area contributed by atoms with Gasteiger partial charge in [0.05, 0.1) is 12.1 Å². The van der Waals surface area contributed by atoms with Crippen LogP contribution in [-0.4, -0.2) is 15.6 Å². The second-order valence-electron chi connectivity index (χ2n) is 4.09. The first-order chi connectivity index (χ1) is 9.52. The Labute approximate surface area is 113 Å². The Morgan fingerprint density at radius 2 is 2.15 bits per heavy atom. The monoisotopic (exact) mass is 272 g/mol. The molecule has 0 aliphatic heterocycles. The molecule has 0 saturated carbocycles. The van der Waals surface area contributed by atoms with Crippen molar-refractivity contribution in [2.45, 2.75) is 6.54 Å². The van der Waals surface area contributed by atoms with Gasteiger partial charge in [-0.2, -0.15) is 5.26 Å². The number of pyridine rings is 1. The van der Waals surface area contributed by atoms with Gasteiger partial charge in [-0.25, -0.2) is 9.18 Å². The van der Waals surface area contributed by atoms with Crippen LogP contribution in [0.3, 0.4) is 0 Å². The Hall–Kier alpha value is -2.94. The first kappa shape index (κ1) is 13.5. The molecule has 0 aliphatic carbocycles. The van der Waals surface area contributed by atoms with Crippen molar-refractivity contribution in [3.8, 4) is 6.07 Å². The van der Waals surface area contributed by atoms with Crippen molar-refractivity contribution in [3.05, 3.63) is 69.4 Å². The van der Waals surface area contributed by atoms with Crippen LogP contribution in [0.25, 0.3) is 0 Å². The van der Waals surface area contributed by atoms with Gasteiger partial charge < -0.3 is 9.67 Å². The highest BCUT2D eigenvalue weighted by molar-refractivity contribution is 5.86. The first-order valence-electron chi connectivity index (χ1n) is 5.64. The summed E-state index contributed by atoms with van der Waals surface area (Å²) in [7, 11) is 0. The van der Waals surface area contributed by atoms with Gasteiger partial charge in [-0.3, -0.25) is 4.79 Å². The van der Waals surface area contributed by atoms with Crippen LogP contribution in [0.2, 0.25) is 0 Å². The maximum Gasteiger partial charge on any atom is 0.341 e. The Bertz CT molecular complexity index is 775. The van der Waals surface area contributed by atoms with Gasteiger partial charge >= 0.3 is 5.97 Å². The molecule has 1 N–H and O–H groups in total. The van der Waals surface area contributed by atoms with Crippen LogP contribution < -0.4 is 5.56 Å². The van der Waals surface area contributed by atoms with E-state index in [1.54, 1.807) is 6.07 Å². The van der Waals surface area contributed by atoms with Crippen LogP contribution in [0.4, 0.5) is 4.39 Å². The van der Waals surface area contributed by atoms with E-state index in [1.165, 1.54) is 35.0 Å². The minimum absolute atomic E-state index is 0.0644. The van der Waals surface area contributed by atoms with Crippen LogP contribution in [-0.2, 0) is 6.54 Å². The number of carboxylic acids is 1. The Morgan fingerprint density at radius 1 is 1.40 bits per heavy atom. The molecule has 1 aromatic carbocycles. The van der Waals surface area contributed by atoms with Gasteiger partial charge in [0.25, 0.3) is 5.56 Å². The van der Waals surface area contributed by atoms with Crippen molar-refractivity contribution in [1.82, 2.24) is 4.57 Å². The topological polar surface area (TPSA) is 83.1 Å². The average molecular weight is 272 g/mol. The molecule has 0 amide bonds. The largest absolute Gasteiger partial charge is 0.477 e. The molecule has 20 heavy (non-hydrogen) atoms. The van der Waals surface area contributed by atoms with Crippen LogP contribution in [0.5, 0.6) is 0 Å². The first-order valence-corrected chi connectivity index (χ1v) is 5.64. The van der Waals surface area contributed by atoms with E-state index in [4.69, 9.17) is 10.4 Å². The predicted octanol–water partition coefficient (Wildman–Crippen LogP) is 1.61. The molecule has 0 bridgehead atoms. The number of carbonyl (C=O) groups is 1. The minimum Gasteiger partial charge on any atom is -0.477 e. The maximum absolute atomic E-state index is 13.2. The minimum atomic E-state index is -1.30. The van der Waals surface area contributed by atoms with Crippen LogP contribution in [0, 0.1) is 17.1 Å². The van der Waals surface area contributed by atoms with Crippen molar-refractivity contribution in [3.63, 3.8) is 0 Å². The Balaban J connectivity index is 2.41. The quantitative estimate of drug-likeness (QED) is 0.920. The second kappa shape index (κ2) is 5.36. The highest BCUT2D eigenvalue weighted by atomic mass is 19.1. The van der Waals surface area contributed by atoms with E-state index in [2.05, 4.69) is 0 Å². The van der Waals surface area contributed by atoms with Crippen LogP contribution in [0.1, 0.15) is 21.5 Å². The van der Waals surface area contributed by atoms with Gasteiger partial charge in [0.1, 0.15) is 17.4 Å². The van der Waals surface area contributed by atoms with Crippen molar-refractivity contribution in [2.75, 3.05) is 0 Å². The molecule has 6 heteroatoms. The number of aromatic carboxylic acids is 1. The standard InChI is InChI=1S/C14H9FN2O3/c15-12-4-3-9(6-10(12)7-16)8-17-5-1-2-11(13(17)18)14(19)20/h1-6H,8H2,(H,19,20). The molecule has 1 aromatic heterocycles. The molecule has 0 saturated heterocycles. The van der Waals surface area contributed by atoms with Gasteiger partial charge in [0.15, 0.2) is 0 Å². The number of rotatable bonds is 3. The molecule has 2 rings (SSSR count). The number of nitriles is 1. The predicted molar refractivity (Wildman–Crippen MR) is 67.9 cm³/mol. The number of halogens is 1. The SMILES string of the molecule is N#Cc1cc(Cn2cccc(C(=O)O)c2=O)ccc1F. The van der Waals surface area contributed by atoms with Gasteiger partial charge in [-0.15, -0.1) is 0 Å².